The Bertz CT molecular complexity index is 354. The molecule has 0 aromatic heterocycles. The molecule has 1 aliphatic rings. The zero-order chi connectivity index (χ0) is 11.4. The third-order valence-corrected chi connectivity index (χ3v) is 2.79. The van der Waals surface area contributed by atoms with Gasteiger partial charge < -0.3 is 21.5 Å². The van der Waals surface area contributed by atoms with Crippen LogP contribution < -0.4 is 21.5 Å². The standard InChI is InChI=1S/C12H19N3O/c13-6-11(14)8-15-7-9-1-2-12-10(5-9)3-4-16-12/h1-2,5,11,15H,3-4,6-8,13-14H2. The number of hydrogen-bond donors (Lipinski definition) is 3. The molecule has 4 nitrogen and oxygen atoms in total. The average Bonchev–Trinajstić information content (AvgIpc) is 2.76. The molecule has 1 aromatic rings. The molecule has 0 fully saturated rings. The van der Waals surface area contributed by atoms with Crippen LogP contribution >= 0.6 is 0 Å². The fraction of sp³-hybridized carbons (Fsp3) is 0.500. The Morgan fingerprint density at radius 3 is 3.12 bits per heavy atom. The summed E-state index contributed by atoms with van der Waals surface area (Å²) in [5.74, 6) is 1.03. The zero-order valence-electron chi connectivity index (χ0n) is 9.41. The normalized spacial score (nSPS) is 15.6. The lowest BCUT2D eigenvalue weighted by Crippen LogP contribution is -2.39. The Labute approximate surface area is 96.0 Å². The highest BCUT2D eigenvalue weighted by atomic mass is 16.5. The van der Waals surface area contributed by atoms with Crippen LogP contribution in [0.4, 0.5) is 0 Å². The molecule has 0 spiro atoms. The Morgan fingerprint density at radius 2 is 2.31 bits per heavy atom. The van der Waals surface area contributed by atoms with Gasteiger partial charge in [0.05, 0.1) is 6.61 Å². The van der Waals surface area contributed by atoms with Crippen LogP contribution in [0.5, 0.6) is 5.75 Å². The van der Waals surface area contributed by atoms with Gasteiger partial charge in [-0.25, -0.2) is 0 Å². The van der Waals surface area contributed by atoms with E-state index in [0.29, 0.717) is 6.54 Å². The second kappa shape index (κ2) is 5.30. The number of nitrogens with one attached hydrogen (secondary N) is 1. The molecule has 0 radical (unpaired) electrons. The number of benzene rings is 1. The summed E-state index contributed by atoms with van der Waals surface area (Å²) in [6.45, 7) is 2.92. The highest BCUT2D eigenvalue weighted by Crippen LogP contribution is 2.25. The highest BCUT2D eigenvalue weighted by molar-refractivity contribution is 5.39. The molecule has 2 rings (SSSR count). The van der Waals surface area contributed by atoms with E-state index >= 15 is 0 Å². The van der Waals surface area contributed by atoms with E-state index in [0.717, 1.165) is 31.9 Å². The molecular formula is C12H19N3O. The Kier molecular flexibility index (Phi) is 3.77. The SMILES string of the molecule is NCC(N)CNCc1ccc2c(c1)CCO2. The topological polar surface area (TPSA) is 73.3 Å². The van der Waals surface area contributed by atoms with Crippen LogP contribution in [0, 0.1) is 0 Å². The first-order valence-corrected chi connectivity index (χ1v) is 5.70. The third kappa shape index (κ3) is 2.72. The van der Waals surface area contributed by atoms with Crippen molar-refractivity contribution in [2.75, 3.05) is 19.7 Å². The fourth-order valence-corrected chi connectivity index (χ4v) is 1.84. The maximum atomic E-state index is 5.72. The smallest absolute Gasteiger partial charge is 0.122 e. The molecule has 88 valence electrons. The van der Waals surface area contributed by atoms with E-state index in [2.05, 4.69) is 17.4 Å². The van der Waals surface area contributed by atoms with Gasteiger partial charge >= 0.3 is 0 Å². The van der Waals surface area contributed by atoms with E-state index < -0.39 is 0 Å². The van der Waals surface area contributed by atoms with E-state index in [1.54, 1.807) is 0 Å². The van der Waals surface area contributed by atoms with Crippen LogP contribution in [-0.2, 0) is 13.0 Å². The minimum Gasteiger partial charge on any atom is -0.493 e. The molecule has 0 amide bonds. The molecule has 1 heterocycles. The lowest BCUT2D eigenvalue weighted by Gasteiger charge is -2.10. The Balaban J connectivity index is 1.86. The molecule has 5 N–H and O–H groups in total. The van der Waals surface area contributed by atoms with Gasteiger partial charge in [-0.2, -0.15) is 0 Å². The second-order valence-electron chi connectivity index (χ2n) is 4.17. The van der Waals surface area contributed by atoms with Gasteiger partial charge in [-0.05, 0) is 17.2 Å². The molecule has 1 aliphatic heterocycles. The van der Waals surface area contributed by atoms with Crippen molar-refractivity contribution in [1.29, 1.82) is 0 Å². The number of rotatable bonds is 5. The summed E-state index contributed by atoms with van der Waals surface area (Å²) in [5.41, 5.74) is 13.7. The molecule has 1 unspecified atom stereocenters. The number of fused-ring (bicyclic) bond motifs is 1. The van der Waals surface area contributed by atoms with Crippen molar-refractivity contribution < 1.29 is 4.74 Å². The van der Waals surface area contributed by atoms with Gasteiger partial charge in [0.15, 0.2) is 0 Å². The molecule has 0 bridgehead atoms. The summed E-state index contributed by atoms with van der Waals surface area (Å²) in [6, 6.07) is 6.37. The van der Waals surface area contributed by atoms with Gasteiger partial charge in [-0.15, -0.1) is 0 Å². The van der Waals surface area contributed by atoms with Crippen molar-refractivity contribution in [3.8, 4) is 5.75 Å². The van der Waals surface area contributed by atoms with Crippen molar-refractivity contribution in [2.45, 2.75) is 19.0 Å². The van der Waals surface area contributed by atoms with Crippen molar-refractivity contribution >= 4 is 0 Å². The number of hydrogen-bond acceptors (Lipinski definition) is 4. The molecular weight excluding hydrogens is 202 g/mol. The van der Waals surface area contributed by atoms with Gasteiger partial charge in [0.1, 0.15) is 5.75 Å². The molecule has 0 aliphatic carbocycles. The fourth-order valence-electron chi connectivity index (χ4n) is 1.84. The Morgan fingerprint density at radius 1 is 1.44 bits per heavy atom. The Hall–Kier alpha value is -1.10. The summed E-state index contributed by atoms with van der Waals surface area (Å²) in [4.78, 5) is 0. The predicted molar refractivity (Wildman–Crippen MR) is 64.4 cm³/mol. The first kappa shape index (κ1) is 11.4. The van der Waals surface area contributed by atoms with Gasteiger partial charge in [-0.3, -0.25) is 0 Å². The zero-order valence-corrected chi connectivity index (χ0v) is 9.41. The summed E-state index contributed by atoms with van der Waals surface area (Å²) in [7, 11) is 0. The van der Waals surface area contributed by atoms with Crippen molar-refractivity contribution in [2.24, 2.45) is 11.5 Å². The maximum Gasteiger partial charge on any atom is 0.122 e. The predicted octanol–water partition coefficient (Wildman–Crippen LogP) is -0.00290. The lowest BCUT2D eigenvalue weighted by atomic mass is 10.1. The minimum atomic E-state index is 0.0396. The second-order valence-corrected chi connectivity index (χ2v) is 4.17. The molecule has 1 atom stereocenters. The molecule has 4 heteroatoms. The van der Waals surface area contributed by atoms with Crippen LogP contribution in [0.1, 0.15) is 11.1 Å². The van der Waals surface area contributed by atoms with E-state index in [-0.39, 0.29) is 6.04 Å². The first-order valence-electron chi connectivity index (χ1n) is 5.70. The van der Waals surface area contributed by atoms with Crippen LogP contribution in [0.3, 0.4) is 0 Å². The minimum absolute atomic E-state index is 0.0396. The van der Waals surface area contributed by atoms with Crippen molar-refractivity contribution in [3.05, 3.63) is 29.3 Å². The van der Waals surface area contributed by atoms with Crippen molar-refractivity contribution in [1.82, 2.24) is 5.32 Å². The molecule has 0 saturated carbocycles. The third-order valence-electron chi connectivity index (χ3n) is 2.79. The van der Waals surface area contributed by atoms with Gasteiger partial charge in [-0.1, -0.05) is 12.1 Å². The van der Waals surface area contributed by atoms with E-state index in [1.165, 1.54) is 11.1 Å². The van der Waals surface area contributed by atoms with E-state index in [9.17, 15) is 0 Å². The number of ether oxygens (including phenoxy) is 1. The van der Waals surface area contributed by atoms with Gasteiger partial charge in [0, 0.05) is 32.1 Å². The highest BCUT2D eigenvalue weighted by Gasteiger charge is 2.11. The molecule has 16 heavy (non-hydrogen) atoms. The maximum absolute atomic E-state index is 5.72. The average molecular weight is 221 g/mol. The first-order chi connectivity index (χ1) is 7.79. The molecule has 0 saturated heterocycles. The van der Waals surface area contributed by atoms with Crippen LogP contribution in [0.25, 0.3) is 0 Å². The van der Waals surface area contributed by atoms with Crippen LogP contribution in [-0.4, -0.2) is 25.7 Å². The number of nitrogens with two attached hydrogens (primary N) is 2. The monoisotopic (exact) mass is 221 g/mol. The van der Waals surface area contributed by atoms with Crippen LogP contribution in [0.15, 0.2) is 18.2 Å². The van der Waals surface area contributed by atoms with Crippen molar-refractivity contribution in [3.63, 3.8) is 0 Å². The van der Waals surface area contributed by atoms with Gasteiger partial charge in [0.25, 0.3) is 0 Å². The molecule has 1 aromatic carbocycles. The van der Waals surface area contributed by atoms with E-state index in [1.807, 2.05) is 6.07 Å². The van der Waals surface area contributed by atoms with Gasteiger partial charge in [0.2, 0.25) is 0 Å². The largest absolute Gasteiger partial charge is 0.493 e. The quantitative estimate of drug-likeness (QED) is 0.654. The summed E-state index contributed by atoms with van der Waals surface area (Å²) >= 11 is 0. The summed E-state index contributed by atoms with van der Waals surface area (Å²) in [6.07, 6.45) is 1.02. The summed E-state index contributed by atoms with van der Waals surface area (Å²) in [5, 5.41) is 3.30. The van der Waals surface area contributed by atoms with Crippen LogP contribution in [0.2, 0.25) is 0 Å². The summed E-state index contributed by atoms with van der Waals surface area (Å²) < 4.78 is 5.46. The lowest BCUT2D eigenvalue weighted by molar-refractivity contribution is 0.357. The van der Waals surface area contributed by atoms with E-state index in [4.69, 9.17) is 16.2 Å².